The maximum Gasteiger partial charge on any atom is 0.407 e. The molecule has 5 nitrogen and oxygen atoms in total. The van der Waals surface area contributed by atoms with Crippen LogP contribution in [0.5, 0.6) is 0 Å². The number of aromatic nitrogens is 1. The standard InChI is InChI=1S/C17H25N3O2/c1-16(2,3)22-15(21)19-10-17(4,5)14-9-11-8-12(18)6-7-13(11)20-14/h6-9,20H,10,18H2,1-5H3,(H,19,21). The molecule has 0 fully saturated rings. The van der Waals surface area contributed by atoms with Gasteiger partial charge in [-0.1, -0.05) is 13.8 Å². The van der Waals surface area contributed by atoms with Gasteiger partial charge in [0.1, 0.15) is 5.60 Å². The second kappa shape index (κ2) is 5.55. The van der Waals surface area contributed by atoms with Gasteiger partial charge in [-0.2, -0.15) is 0 Å². The van der Waals surface area contributed by atoms with E-state index in [-0.39, 0.29) is 5.41 Å². The molecule has 2 rings (SSSR count). The molecule has 0 aliphatic rings. The van der Waals surface area contributed by atoms with Crippen molar-refractivity contribution in [2.24, 2.45) is 0 Å². The van der Waals surface area contributed by atoms with Crippen molar-refractivity contribution in [3.8, 4) is 0 Å². The van der Waals surface area contributed by atoms with E-state index in [0.29, 0.717) is 6.54 Å². The summed E-state index contributed by atoms with van der Waals surface area (Å²) < 4.78 is 5.27. The number of rotatable bonds is 3. The molecule has 0 radical (unpaired) electrons. The lowest BCUT2D eigenvalue weighted by Gasteiger charge is -2.25. The Morgan fingerprint density at radius 3 is 2.55 bits per heavy atom. The number of anilines is 1. The van der Waals surface area contributed by atoms with Crippen molar-refractivity contribution in [1.29, 1.82) is 0 Å². The molecule has 2 aromatic rings. The van der Waals surface area contributed by atoms with E-state index in [0.717, 1.165) is 22.3 Å². The largest absolute Gasteiger partial charge is 0.444 e. The summed E-state index contributed by atoms with van der Waals surface area (Å²) in [4.78, 5) is 15.2. The summed E-state index contributed by atoms with van der Waals surface area (Å²) in [7, 11) is 0. The number of nitrogens with one attached hydrogen (secondary N) is 2. The van der Waals surface area contributed by atoms with Crippen LogP contribution in [-0.4, -0.2) is 23.2 Å². The Balaban J connectivity index is 2.09. The molecule has 0 atom stereocenters. The molecular formula is C17H25N3O2. The Labute approximate surface area is 131 Å². The molecule has 1 amide bonds. The SMILES string of the molecule is CC(C)(C)OC(=O)NCC(C)(C)c1cc2cc(N)ccc2[nH]1. The molecular weight excluding hydrogens is 278 g/mol. The van der Waals surface area contributed by atoms with Crippen LogP contribution in [0.2, 0.25) is 0 Å². The third kappa shape index (κ3) is 3.93. The highest BCUT2D eigenvalue weighted by atomic mass is 16.6. The number of alkyl carbamates (subject to hydrolysis) is 1. The number of nitrogen functional groups attached to an aromatic ring is 1. The summed E-state index contributed by atoms with van der Waals surface area (Å²) in [6, 6.07) is 7.84. The Morgan fingerprint density at radius 2 is 1.91 bits per heavy atom. The van der Waals surface area contributed by atoms with Gasteiger partial charge in [0.25, 0.3) is 0 Å². The van der Waals surface area contributed by atoms with Crippen molar-refractivity contribution in [2.45, 2.75) is 45.6 Å². The lowest BCUT2D eigenvalue weighted by atomic mass is 9.89. The molecule has 0 bridgehead atoms. The van der Waals surface area contributed by atoms with Crippen molar-refractivity contribution in [3.63, 3.8) is 0 Å². The van der Waals surface area contributed by atoms with Gasteiger partial charge in [0.15, 0.2) is 0 Å². The quantitative estimate of drug-likeness (QED) is 0.758. The first kappa shape index (κ1) is 16.2. The highest BCUT2D eigenvalue weighted by molar-refractivity contribution is 5.83. The van der Waals surface area contributed by atoms with Crippen molar-refractivity contribution < 1.29 is 9.53 Å². The van der Waals surface area contributed by atoms with Crippen molar-refractivity contribution >= 4 is 22.7 Å². The average Bonchev–Trinajstić information content (AvgIpc) is 2.78. The minimum Gasteiger partial charge on any atom is -0.444 e. The Hall–Kier alpha value is -2.17. The normalized spacial score (nSPS) is 12.4. The van der Waals surface area contributed by atoms with Gasteiger partial charge < -0.3 is 20.8 Å². The van der Waals surface area contributed by atoms with Crippen LogP contribution in [0.4, 0.5) is 10.5 Å². The molecule has 1 aromatic carbocycles. The average molecular weight is 303 g/mol. The summed E-state index contributed by atoms with van der Waals surface area (Å²) in [6.07, 6.45) is -0.402. The molecule has 1 heterocycles. The molecule has 1 aromatic heterocycles. The van der Waals surface area contributed by atoms with Gasteiger partial charge in [-0.05, 0) is 45.0 Å². The lowest BCUT2D eigenvalue weighted by molar-refractivity contribution is 0.0517. The number of amides is 1. The first-order valence-electron chi connectivity index (χ1n) is 7.42. The maximum absolute atomic E-state index is 11.8. The number of benzene rings is 1. The van der Waals surface area contributed by atoms with E-state index in [1.54, 1.807) is 0 Å². The van der Waals surface area contributed by atoms with E-state index < -0.39 is 11.7 Å². The van der Waals surface area contributed by atoms with Crippen LogP contribution < -0.4 is 11.1 Å². The van der Waals surface area contributed by atoms with E-state index in [2.05, 4.69) is 30.2 Å². The van der Waals surface area contributed by atoms with Crippen molar-refractivity contribution in [3.05, 3.63) is 30.0 Å². The fourth-order valence-electron chi connectivity index (χ4n) is 2.22. The topological polar surface area (TPSA) is 80.1 Å². The maximum atomic E-state index is 11.8. The predicted molar refractivity (Wildman–Crippen MR) is 90.0 cm³/mol. The third-order valence-electron chi connectivity index (χ3n) is 3.45. The van der Waals surface area contributed by atoms with E-state index >= 15 is 0 Å². The molecule has 0 aliphatic heterocycles. The minimum absolute atomic E-state index is 0.245. The number of fused-ring (bicyclic) bond motifs is 1. The third-order valence-corrected chi connectivity index (χ3v) is 3.45. The van der Waals surface area contributed by atoms with Crippen molar-refractivity contribution in [2.75, 3.05) is 12.3 Å². The molecule has 4 N–H and O–H groups in total. The molecule has 0 saturated carbocycles. The second-order valence-corrected chi connectivity index (χ2v) is 7.27. The highest BCUT2D eigenvalue weighted by Gasteiger charge is 2.25. The minimum atomic E-state index is -0.493. The number of ether oxygens (including phenoxy) is 1. The number of hydrogen-bond donors (Lipinski definition) is 3. The van der Waals surface area contributed by atoms with Crippen LogP contribution in [0, 0.1) is 0 Å². The smallest absolute Gasteiger partial charge is 0.407 e. The predicted octanol–water partition coefficient (Wildman–Crippen LogP) is 3.55. The number of carbonyl (C=O) groups excluding carboxylic acids is 1. The van der Waals surface area contributed by atoms with Gasteiger partial charge in [0.2, 0.25) is 0 Å². The number of H-pyrrole nitrogens is 1. The zero-order chi connectivity index (χ0) is 16.5. The summed E-state index contributed by atoms with van der Waals surface area (Å²) >= 11 is 0. The van der Waals surface area contributed by atoms with Crippen LogP contribution in [0.1, 0.15) is 40.3 Å². The Morgan fingerprint density at radius 1 is 1.23 bits per heavy atom. The van der Waals surface area contributed by atoms with Crippen LogP contribution >= 0.6 is 0 Å². The first-order chi connectivity index (χ1) is 10.1. The number of carbonyl (C=O) groups is 1. The van der Waals surface area contributed by atoms with Gasteiger partial charge >= 0.3 is 6.09 Å². The second-order valence-electron chi connectivity index (χ2n) is 7.27. The highest BCUT2D eigenvalue weighted by Crippen LogP contribution is 2.27. The molecule has 0 saturated heterocycles. The fraction of sp³-hybridized carbons (Fsp3) is 0.471. The first-order valence-corrected chi connectivity index (χ1v) is 7.42. The van der Waals surface area contributed by atoms with Crippen LogP contribution in [0.15, 0.2) is 24.3 Å². The summed E-state index contributed by atoms with van der Waals surface area (Å²) in [6.45, 7) is 10.2. The molecule has 22 heavy (non-hydrogen) atoms. The van der Waals surface area contributed by atoms with Crippen molar-refractivity contribution in [1.82, 2.24) is 10.3 Å². The Bertz CT molecular complexity index is 681. The zero-order valence-corrected chi connectivity index (χ0v) is 13.9. The van der Waals surface area contributed by atoms with E-state index in [9.17, 15) is 4.79 Å². The number of nitrogens with two attached hydrogens (primary N) is 1. The summed E-state index contributed by atoms with van der Waals surface area (Å²) in [5, 5.41) is 3.90. The summed E-state index contributed by atoms with van der Waals surface area (Å²) in [5.41, 5.74) is 7.89. The van der Waals surface area contributed by atoms with Gasteiger partial charge in [0.05, 0.1) is 0 Å². The summed E-state index contributed by atoms with van der Waals surface area (Å²) in [5.74, 6) is 0. The van der Waals surface area contributed by atoms with Crippen LogP contribution in [-0.2, 0) is 10.2 Å². The zero-order valence-electron chi connectivity index (χ0n) is 13.9. The Kier molecular flexibility index (Phi) is 4.09. The van der Waals surface area contributed by atoms with Gasteiger partial charge in [-0.15, -0.1) is 0 Å². The van der Waals surface area contributed by atoms with Crippen LogP contribution in [0.3, 0.4) is 0 Å². The molecule has 5 heteroatoms. The monoisotopic (exact) mass is 303 g/mol. The van der Waals surface area contributed by atoms with Gasteiger partial charge in [0, 0.05) is 34.2 Å². The van der Waals surface area contributed by atoms with Gasteiger partial charge in [-0.3, -0.25) is 0 Å². The lowest BCUT2D eigenvalue weighted by Crippen LogP contribution is -2.39. The fourth-order valence-corrected chi connectivity index (χ4v) is 2.22. The molecule has 0 spiro atoms. The van der Waals surface area contributed by atoms with E-state index in [1.165, 1.54) is 0 Å². The number of aromatic amines is 1. The van der Waals surface area contributed by atoms with Gasteiger partial charge in [-0.25, -0.2) is 4.79 Å². The molecule has 120 valence electrons. The molecule has 0 aliphatic carbocycles. The molecule has 0 unspecified atom stereocenters. The van der Waals surface area contributed by atoms with E-state index in [1.807, 2.05) is 39.0 Å². The van der Waals surface area contributed by atoms with Crippen LogP contribution in [0.25, 0.3) is 10.9 Å². The number of hydrogen-bond acceptors (Lipinski definition) is 3. The van der Waals surface area contributed by atoms with E-state index in [4.69, 9.17) is 10.5 Å².